The lowest BCUT2D eigenvalue weighted by atomic mass is 10.2. The van der Waals surface area contributed by atoms with Crippen molar-refractivity contribution < 1.29 is 9.90 Å². The van der Waals surface area contributed by atoms with Gasteiger partial charge in [0.2, 0.25) is 0 Å². The highest BCUT2D eigenvalue weighted by Gasteiger charge is 2.19. The Morgan fingerprint density at radius 2 is 1.74 bits per heavy atom. The normalized spacial score (nSPS) is 15.0. The number of aromatic amines is 1. The monoisotopic (exact) mass is 363 g/mol. The number of H-pyrrole nitrogens is 1. The standard InChI is InChI=1S/C20H21N5O2/c26-19(27)14-24-8-10-25(11-9-24)18-7-6-16(12-21-18)20-22-13-17(23-20)15-4-2-1-3-5-15/h1-7,12-13H,8-11,14H2,(H,22,23)(H,26,27). The molecular formula is C20H21N5O2. The summed E-state index contributed by atoms with van der Waals surface area (Å²) in [4.78, 5) is 27.3. The molecule has 0 aliphatic carbocycles. The van der Waals surface area contributed by atoms with E-state index in [0.717, 1.165) is 54.6 Å². The Kier molecular flexibility index (Phi) is 4.84. The molecule has 7 heteroatoms. The Morgan fingerprint density at radius 1 is 0.963 bits per heavy atom. The van der Waals surface area contributed by atoms with Crippen LogP contribution < -0.4 is 4.90 Å². The summed E-state index contributed by atoms with van der Waals surface area (Å²) in [6, 6.07) is 14.1. The number of carboxylic acids is 1. The smallest absolute Gasteiger partial charge is 0.317 e. The molecule has 27 heavy (non-hydrogen) atoms. The first-order valence-corrected chi connectivity index (χ1v) is 8.95. The van der Waals surface area contributed by atoms with E-state index in [2.05, 4.69) is 19.9 Å². The van der Waals surface area contributed by atoms with Crippen LogP contribution in [-0.2, 0) is 4.79 Å². The zero-order valence-electron chi connectivity index (χ0n) is 14.9. The lowest BCUT2D eigenvalue weighted by Crippen LogP contribution is -2.48. The number of benzene rings is 1. The molecule has 1 aliphatic rings. The molecule has 0 unspecified atom stereocenters. The number of hydrogen-bond donors (Lipinski definition) is 2. The predicted molar refractivity (Wildman–Crippen MR) is 104 cm³/mol. The highest BCUT2D eigenvalue weighted by atomic mass is 16.4. The molecule has 0 radical (unpaired) electrons. The third-order valence-electron chi connectivity index (χ3n) is 4.74. The lowest BCUT2D eigenvalue weighted by Gasteiger charge is -2.34. The quantitative estimate of drug-likeness (QED) is 0.724. The third kappa shape index (κ3) is 3.98. The summed E-state index contributed by atoms with van der Waals surface area (Å²) in [7, 11) is 0. The minimum atomic E-state index is -0.778. The van der Waals surface area contributed by atoms with Crippen LogP contribution in [0.15, 0.2) is 54.9 Å². The van der Waals surface area contributed by atoms with Gasteiger partial charge in [-0.1, -0.05) is 30.3 Å². The summed E-state index contributed by atoms with van der Waals surface area (Å²) < 4.78 is 0. The fourth-order valence-corrected chi connectivity index (χ4v) is 3.27. The Bertz CT molecular complexity index is 900. The van der Waals surface area contributed by atoms with Crippen LogP contribution in [0.25, 0.3) is 22.6 Å². The van der Waals surface area contributed by atoms with Crippen LogP contribution in [0.1, 0.15) is 0 Å². The molecule has 138 valence electrons. The molecule has 1 aliphatic heterocycles. The van der Waals surface area contributed by atoms with E-state index >= 15 is 0 Å². The van der Waals surface area contributed by atoms with Crippen LogP contribution in [0, 0.1) is 0 Å². The number of imidazole rings is 1. The molecule has 3 aromatic rings. The van der Waals surface area contributed by atoms with Gasteiger partial charge in [0.15, 0.2) is 0 Å². The Hall–Kier alpha value is -3.19. The van der Waals surface area contributed by atoms with Crippen LogP contribution in [-0.4, -0.2) is 63.7 Å². The number of anilines is 1. The molecule has 1 aromatic carbocycles. The molecule has 2 N–H and O–H groups in total. The van der Waals surface area contributed by atoms with Gasteiger partial charge in [-0.25, -0.2) is 9.97 Å². The summed E-state index contributed by atoms with van der Waals surface area (Å²) >= 11 is 0. The number of carboxylic acid groups (broad SMARTS) is 1. The number of aliphatic carboxylic acids is 1. The molecule has 2 aromatic heterocycles. The molecule has 1 saturated heterocycles. The summed E-state index contributed by atoms with van der Waals surface area (Å²) in [6.07, 6.45) is 3.66. The maximum absolute atomic E-state index is 10.8. The molecular weight excluding hydrogens is 342 g/mol. The first-order chi connectivity index (χ1) is 13.2. The van der Waals surface area contributed by atoms with E-state index in [0.29, 0.717) is 0 Å². The highest BCUT2D eigenvalue weighted by molar-refractivity contribution is 5.69. The van der Waals surface area contributed by atoms with Crippen molar-refractivity contribution in [2.45, 2.75) is 0 Å². The second-order valence-electron chi connectivity index (χ2n) is 6.57. The van der Waals surface area contributed by atoms with Crippen LogP contribution in [0.2, 0.25) is 0 Å². The van der Waals surface area contributed by atoms with Gasteiger partial charge in [0.05, 0.1) is 18.4 Å². The van der Waals surface area contributed by atoms with Gasteiger partial charge in [-0.2, -0.15) is 0 Å². The van der Waals surface area contributed by atoms with Crippen molar-refractivity contribution in [3.63, 3.8) is 0 Å². The van der Waals surface area contributed by atoms with Gasteiger partial charge in [0.1, 0.15) is 11.6 Å². The van der Waals surface area contributed by atoms with Crippen molar-refractivity contribution in [2.24, 2.45) is 0 Å². The van der Waals surface area contributed by atoms with Gasteiger partial charge in [0, 0.05) is 37.9 Å². The molecule has 0 amide bonds. The largest absolute Gasteiger partial charge is 0.480 e. The summed E-state index contributed by atoms with van der Waals surface area (Å²) in [5.74, 6) is 0.919. The van der Waals surface area contributed by atoms with Gasteiger partial charge in [-0.05, 0) is 17.7 Å². The topological polar surface area (TPSA) is 85.4 Å². The predicted octanol–water partition coefficient (Wildman–Crippen LogP) is 2.35. The second kappa shape index (κ2) is 7.59. The average molecular weight is 363 g/mol. The molecule has 0 atom stereocenters. The van der Waals surface area contributed by atoms with Gasteiger partial charge in [-0.3, -0.25) is 9.69 Å². The number of nitrogens with zero attached hydrogens (tertiary/aromatic N) is 4. The van der Waals surface area contributed by atoms with Gasteiger partial charge < -0.3 is 15.0 Å². The summed E-state index contributed by atoms with van der Waals surface area (Å²) in [6.45, 7) is 3.11. The van der Waals surface area contributed by atoms with Crippen molar-refractivity contribution in [1.29, 1.82) is 0 Å². The molecule has 3 heterocycles. The third-order valence-corrected chi connectivity index (χ3v) is 4.74. The number of aromatic nitrogens is 3. The minimum absolute atomic E-state index is 0.0997. The highest BCUT2D eigenvalue weighted by Crippen LogP contribution is 2.23. The number of pyridine rings is 1. The van der Waals surface area contributed by atoms with Crippen molar-refractivity contribution in [1.82, 2.24) is 19.9 Å². The van der Waals surface area contributed by atoms with Gasteiger partial charge in [-0.15, -0.1) is 0 Å². The molecule has 0 bridgehead atoms. The average Bonchev–Trinajstić information content (AvgIpc) is 3.19. The zero-order valence-corrected chi connectivity index (χ0v) is 14.9. The fourth-order valence-electron chi connectivity index (χ4n) is 3.27. The number of piperazine rings is 1. The molecule has 0 spiro atoms. The van der Waals surface area contributed by atoms with Gasteiger partial charge >= 0.3 is 5.97 Å². The maximum Gasteiger partial charge on any atom is 0.317 e. The van der Waals surface area contributed by atoms with Crippen molar-refractivity contribution in [3.8, 4) is 22.6 Å². The maximum atomic E-state index is 10.8. The summed E-state index contributed by atoms with van der Waals surface area (Å²) in [5.41, 5.74) is 3.01. The van der Waals surface area contributed by atoms with E-state index in [1.807, 2.05) is 59.8 Å². The van der Waals surface area contributed by atoms with E-state index in [9.17, 15) is 4.79 Å². The van der Waals surface area contributed by atoms with E-state index in [-0.39, 0.29) is 6.54 Å². The number of nitrogens with one attached hydrogen (secondary N) is 1. The number of rotatable bonds is 5. The van der Waals surface area contributed by atoms with Crippen molar-refractivity contribution in [2.75, 3.05) is 37.6 Å². The van der Waals surface area contributed by atoms with Gasteiger partial charge in [0.25, 0.3) is 0 Å². The van der Waals surface area contributed by atoms with Crippen LogP contribution in [0.3, 0.4) is 0 Å². The van der Waals surface area contributed by atoms with Crippen LogP contribution in [0.5, 0.6) is 0 Å². The Balaban J connectivity index is 1.43. The first-order valence-electron chi connectivity index (χ1n) is 8.95. The molecule has 1 fully saturated rings. The molecule has 7 nitrogen and oxygen atoms in total. The second-order valence-corrected chi connectivity index (χ2v) is 6.57. The summed E-state index contributed by atoms with van der Waals surface area (Å²) in [5, 5.41) is 8.89. The lowest BCUT2D eigenvalue weighted by molar-refractivity contribution is -0.138. The van der Waals surface area contributed by atoms with Crippen molar-refractivity contribution >= 4 is 11.8 Å². The zero-order chi connectivity index (χ0) is 18.6. The van der Waals surface area contributed by atoms with Crippen molar-refractivity contribution in [3.05, 3.63) is 54.9 Å². The van der Waals surface area contributed by atoms with Crippen LogP contribution in [0.4, 0.5) is 5.82 Å². The fraction of sp³-hybridized carbons (Fsp3) is 0.250. The minimum Gasteiger partial charge on any atom is -0.480 e. The van der Waals surface area contributed by atoms with E-state index in [1.165, 1.54) is 0 Å². The molecule has 4 rings (SSSR count). The number of carbonyl (C=O) groups is 1. The number of hydrogen-bond acceptors (Lipinski definition) is 5. The van der Waals surface area contributed by atoms with E-state index in [4.69, 9.17) is 5.11 Å². The van der Waals surface area contributed by atoms with Crippen LogP contribution >= 0.6 is 0 Å². The Morgan fingerprint density at radius 3 is 2.41 bits per heavy atom. The van der Waals surface area contributed by atoms with E-state index < -0.39 is 5.97 Å². The molecule has 0 saturated carbocycles. The first kappa shape index (κ1) is 17.2. The Labute approximate surface area is 157 Å². The SMILES string of the molecule is O=C(O)CN1CCN(c2ccc(-c3ncc(-c4ccccc4)[nH]3)cn2)CC1. The van der Waals surface area contributed by atoms with E-state index in [1.54, 1.807) is 0 Å².